The molecule has 1 aliphatic heterocycles. The van der Waals surface area contributed by atoms with E-state index in [1.165, 1.54) is 0 Å². The van der Waals surface area contributed by atoms with E-state index in [1.54, 1.807) is 29.2 Å². The third-order valence-electron chi connectivity index (χ3n) is 5.09. The first-order chi connectivity index (χ1) is 14.8. The predicted molar refractivity (Wildman–Crippen MR) is 129 cm³/mol. The maximum absolute atomic E-state index is 13.0. The number of aliphatic hydroxyl groups excluding tert-OH is 1. The Balaban J connectivity index is 2.09. The topological polar surface area (TPSA) is 70.1 Å². The van der Waals surface area contributed by atoms with Crippen LogP contribution in [0.5, 0.6) is 5.75 Å². The molecule has 0 spiro atoms. The number of rotatable bonds is 8. The van der Waals surface area contributed by atoms with E-state index in [1.807, 2.05) is 50.2 Å². The molecule has 164 valence electrons. The maximum Gasteiger partial charge on any atom is 0.295 e. The third-order valence-corrected chi connectivity index (χ3v) is 5.81. The lowest BCUT2D eigenvalue weighted by atomic mass is 9.95. The molecule has 1 N–H and O–H groups in total. The number of ether oxygens (including phenoxy) is 1. The molecule has 31 heavy (non-hydrogen) atoms. The SMILES string of the molecule is CCCOc1cccc(/C(O)=C2\C(=O)C(=O)N(CCN(C)C)C2c2ccc(I)cc2)c1. The molecule has 6 nitrogen and oxygen atoms in total. The lowest BCUT2D eigenvalue weighted by Crippen LogP contribution is -2.35. The Kier molecular flexibility index (Phi) is 7.72. The minimum atomic E-state index is -0.667. The first kappa shape index (κ1) is 23.3. The van der Waals surface area contributed by atoms with E-state index in [-0.39, 0.29) is 11.3 Å². The van der Waals surface area contributed by atoms with Gasteiger partial charge in [-0.15, -0.1) is 0 Å². The average molecular weight is 534 g/mol. The number of ketones is 1. The van der Waals surface area contributed by atoms with Gasteiger partial charge in [0.1, 0.15) is 11.5 Å². The van der Waals surface area contributed by atoms with Crippen molar-refractivity contribution in [3.05, 3.63) is 68.8 Å². The monoisotopic (exact) mass is 534 g/mol. The van der Waals surface area contributed by atoms with Gasteiger partial charge in [-0.05, 0) is 72.9 Å². The molecule has 2 aromatic carbocycles. The number of likely N-dealkylation sites (tertiary alicyclic amines) is 1. The molecule has 2 aromatic rings. The molecule has 0 radical (unpaired) electrons. The van der Waals surface area contributed by atoms with Crippen molar-refractivity contribution < 1.29 is 19.4 Å². The van der Waals surface area contributed by atoms with Crippen LogP contribution >= 0.6 is 22.6 Å². The average Bonchev–Trinajstić information content (AvgIpc) is 3.01. The number of nitrogens with zero attached hydrogens (tertiary/aromatic N) is 2. The van der Waals surface area contributed by atoms with Crippen LogP contribution in [0.2, 0.25) is 0 Å². The minimum Gasteiger partial charge on any atom is -0.507 e. The fourth-order valence-corrected chi connectivity index (χ4v) is 3.88. The van der Waals surface area contributed by atoms with E-state index < -0.39 is 17.7 Å². The van der Waals surface area contributed by atoms with Crippen LogP contribution in [0.3, 0.4) is 0 Å². The van der Waals surface area contributed by atoms with Crippen LogP contribution in [-0.2, 0) is 9.59 Å². The van der Waals surface area contributed by atoms with Crippen molar-refractivity contribution in [2.24, 2.45) is 0 Å². The molecule has 1 amide bonds. The molecule has 0 bridgehead atoms. The summed E-state index contributed by atoms with van der Waals surface area (Å²) in [5.41, 5.74) is 1.35. The number of benzene rings is 2. The maximum atomic E-state index is 13.0. The van der Waals surface area contributed by atoms with Crippen molar-refractivity contribution in [3.63, 3.8) is 0 Å². The number of halogens is 1. The van der Waals surface area contributed by atoms with E-state index in [4.69, 9.17) is 4.74 Å². The molecular formula is C24H27IN2O4. The number of likely N-dealkylation sites (N-methyl/N-ethyl adjacent to an activating group) is 1. The van der Waals surface area contributed by atoms with Gasteiger partial charge in [-0.3, -0.25) is 9.59 Å². The highest BCUT2D eigenvalue weighted by Gasteiger charge is 2.45. The lowest BCUT2D eigenvalue weighted by molar-refractivity contribution is -0.140. The Morgan fingerprint density at radius 2 is 1.87 bits per heavy atom. The number of carbonyl (C=O) groups excluding carboxylic acids is 2. The summed E-state index contributed by atoms with van der Waals surface area (Å²) in [7, 11) is 3.83. The van der Waals surface area contributed by atoms with Crippen molar-refractivity contribution in [2.45, 2.75) is 19.4 Å². The van der Waals surface area contributed by atoms with Crippen LogP contribution in [-0.4, -0.2) is 60.4 Å². The molecule has 1 saturated heterocycles. The predicted octanol–water partition coefficient (Wildman–Crippen LogP) is 4.06. The zero-order valence-electron chi connectivity index (χ0n) is 18.0. The lowest BCUT2D eigenvalue weighted by Gasteiger charge is -2.26. The Labute approximate surface area is 196 Å². The zero-order valence-corrected chi connectivity index (χ0v) is 20.1. The standard InChI is InChI=1S/C24H27IN2O4/c1-4-14-31-19-7-5-6-17(15-19)22(28)20-21(16-8-10-18(25)11-9-16)27(13-12-26(2)3)24(30)23(20)29/h5-11,15,21,28H,4,12-14H2,1-3H3/b22-20+. The van der Waals surface area contributed by atoms with E-state index >= 15 is 0 Å². The highest BCUT2D eigenvalue weighted by atomic mass is 127. The Bertz CT molecular complexity index is 985. The summed E-state index contributed by atoms with van der Waals surface area (Å²) in [6.07, 6.45) is 0.861. The highest BCUT2D eigenvalue weighted by Crippen LogP contribution is 2.39. The molecule has 1 atom stereocenters. The van der Waals surface area contributed by atoms with Crippen LogP contribution < -0.4 is 4.74 Å². The van der Waals surface area contributed by atoms with Crippen LogP contribution in [0, 0.1) is 3.57 Å². The van der Waals surface area contributed by atoms with Crippen LogP contribution in [0.4, 0.5) is 0 Å². The van der Waals surface area contributed by atoms with E-state index in [0.29, 0.717) is 31.0 Å². The minimum absolute atomic E-state index is 0.109. The Hall–Kier alpha value is -2.39. The summed E-state index contributed by atoms with van der Waals surface area (Å²) in [6.45, 7) is 3.56. The van der Waals surface area contributed by atoms with E-state index in [2.05, 4.69) is 22.6 Å². The number of aliphatic hydroxyl groups is 1. The molecule has 1 fully saturated rings. The number of amides is 1. The van der Waals surface area contributed by atoms with Gasteiger partial charge in [-0.2, -0.15) is 0 Å². The molecule has 7 heteroatoms. The molecule has 0 aliphatic carbocycles. The summed E-state index contributed by atoms with van der Waals surface area (Å²) in [4.78, 5) is 29.4. The van der Waals surface area contributed by atoms with Gasteiger partial charge >= 0.3 is 0 Å². The summed E-state index contributed by atoms with van der Waals surface area (Å²) in [5, 5.41) is 11.2. The zero-order chi connectivity index (χ0) is 22.5. The van der Waals surface area contributed by atoms with Crippen LogP contribution in [0.1, 0.15) is 30.5 Å². The second kappa shape index (κ2) is 10.3. The summed E-state index contributed by atoms with van der Waals surface area (Å²) in [6, 6.07) is 14.0. The quantitative estimate of drug-likeness (QED) is 0.240. The second-order valence-corrected chi connectivity index (χ2v) is 8.97. The normalized spacial score (nSPS) is 18.1. The fraction of sp³-hybridized carbons (Fsp3) is 0.333. The Morgan fingerprint density at radius 3 is 2.52 bits per heavy atom. The smallest absolute Gasteiger partial charge is 0.295 e. The molecule has 1 aliphatic rings. The number of Topliss-reactive ketones (excluding diaryl/α,β-unsaturated/α-hetero) is 1. The molecule has 0 aromatic heterocycles. The highest BCUT2D eigenvalue weighted by molar-refractivity contribution is 14.1. The largest absolute Gasteiger partial charge is 0.507 e. The van der Waals surface area contributed by atoms with Gasteiger partial charge in [-0.1, -0.05) is 31.2 Å². The number of hydrogen-bond donors (Lipinski definition) is 1. The summed E-state index contributed by atoms with van der Waals surface area (Å²) >= 11 is 2.21. The van der Waals surface area contributed by atoms with Crippen molar-refractivity contribution in [1.29, 1.82) is 0 Å². The summed E-state index contributed by atoms with van der Waals surface area (Å²) < 4.78 is 6.71. The van der Waals surface area contributed by atoms with Crippen molar-refractivity contribution in [3.8, 4) is 5.75 Å². The number of carbonyl (C=O) groups is 2. The first-order valence-corrected chi connectivity index (χ1v) is 11.3. The van der Waals surface area contributed by atoms with Gasteiger partial charge in [-0.25, -0.2) is 0 Å². The van der Waals surface area contributed by atoms with Gasteiger partial charge in [0.15, 0.2) is 0 Å². The third kappa shape index (κ3) is 5.27. The molecule has 3 rings (SSSR count). The van der Waals surface area contributed by atoms with Crippen LogP contribution in [0.15, 0.2) is 54.1 Å². The van der Waals surface area contributed by atoms with Gasteiger partial charge in [0.2, 0.25) is 0 Å². The number of hydrogen-bond acceptors (Lipinski definition) is 5. The molecular weight excluding hydrogens is 507 g/mol. The van der Waals surface area contributed by atoms with Gasteiger partial charge in [0, 0.05) is 22.2 Å². The van der Waals surface area contributed by atoms with Crippen molar-refractivity contribution in [2.75, 3.05) is 33.8 Å². The Morgan fingerprint density at radius 1 is 1.16 bits per heavy atom. The van der Waals surface area contributed by atoms with Gasteiger partial charge in [0.05, 0.1) is 18.2 Å². The van der Waals surface area contributed by atoms with Crippen molar-refractivity contribution in [1.82, 2.24) is 9.80 Å². The van der Waals surface area contributed by atoms with E-state index in [0.717, 1.165) is 15.6 Å². The molecule has 1 heterocycles. The first-order valence-electron chi connectivity index (χ1n) is 10.2. The van der Waals surface area contributed by atoms with E-state index in [9.17, 15) is 14.7 Å². The fourth-order valence-electron chi connectivity index (χ4n) is 3.52. The van der Waals surface area contributed by atoms with Crippen LogP contribution in [0.25, 0.3) is 5.76 Å². The molecule has 1 unspecified atom stereocenters. The van der Waals surface area contributed by atoms with Crippen molar-refractivity contribution >= 4 is 40.0 Å². The summed E-state index contributed by atoms with van der Waals surface area (Å²) in [5.74, 6) is -0.834. The second-order valence-electron chi connectivity index (χ2n) is 7.72. The van der Waals surface area contributed by atoms with Gasteiger partial charge < -0.3 is 19.6 Å². The molecule has 0 saturated carbocycles. The van der Waals surface area contributed by atoms with Gasteiger partial charge in [0.25, 0.3) is 11.7 Å².